The molecule has 0 aliphatic heterocycles. The molecule has 0 bridgehead atoms. The van der Waals surface area contributed by atoms with Crippen LogP contribution in [0.5, 0.6) is 0 Å². The average Bonchev–Trinajstić information content (AvgIpc) is 2.64. The molecular formula is C10H18N3OP. The summed E-state index contributed by atoms with van der Waals surface area (Å²) in [5.74, 6) is -0.0762. The van der Waals surface area contributed by atoms with Crippen molar-refractivity contribution in [2.45, 2.75) is 32.6 Å². The number of nitrogens with zero attached hydrogens (tertiary/aromatic N) is 1. The number of aromatic nitrogens is 2. The van der Waals surface area contributed by atoms with Crippen LogP contribution in [-0.2, 0) is 0 Å². The largest absolute Gasteiger partial charge is 0.351 e. The molecule has 0 aromatic carbocycles. The lowest BCUT2D eigenvalue weighted by molar-refractivity contribution is 0.0948. The summed E-state index contributed by atoms with van der Waals surface area (Å²) >= 11 is 0. The average molecular weight is 227 g/mol. The van der Waals surface area contributed by atoms with Gasteiger partial charge in [0.2, 0.25) is 0 Å². The molecular weight excluding hydrogens is 209 g/mol. The molecule has 0 saturated carbocycles. The normalized spacial score (nSPS) is 10.3. The van der Waals surface area contributed by atoms with Crippen molar-refractivity contribution in [3.8, 4) is 0 Å². The van der Waals surface area contributed by atoms with Gasteiger partial charge >= 0.3 is 0 Å². The molecule has 0 fully saturated rings. The molecule has 0 aliphatic carbocycles. The highest BCUT2D eigenvalue weighted by atomic mass is 31.0. The van der Waals surface area contributed by atoms with Gasteiger partial charge in [0.1, 0.15) is 11.3 Å². The SMILES string of the molecule is CCCCCCNC(=O)c1cnc(P)[nH]1. The van der Waals surface area contributed by atoms with Crippen molar-refractivity contribution in [2.75, 3.05) is 6.54 Å². The monoisotopic (exact) mass is 227 g/mol. The fourth-order valence-corrected chi connectivity index (χ4v) is 1.53. The number of rotatable bonds is 6. The van der Waals surface area contributed by atoms with E-state index in [1.54, 1.807) is 6.20 Å². The lowest BCUT2D eigenvalue weighted by Gasteiger charge is -2.02. The van der Waals surface area contributed by atoms with E-state index in [2.05, 4.69) is 31.4 Å². The molecule has 4 nitrogen and oxygen atoms in total. The molecule has 15 heavy (non-hydrogen) atoms. The first-order valence-electron chi connectivity index (χ1n) is 5.32. The lowest BCUT2D eigenvalue weighted by Crippen LogP contribution is -2.25. The van der Waals surface area contributed by atoms with E-state index in [0.29, 0.717) is 11.3 Å². The van der Waals surface area contributed by atoms with E-state index in [4.69, 9.17) is 0 Å². The number of hydrogen-bond donors (Lipinski definition) is 2. The highest BCUT2D eigenvalue weighted by Gasteiger charge is 2.06. The first-order chi connectivity index (χ1) is 7.24. The van der Waals surface area contributed by atoms with E-state index >= 15 is 0 Å². The quantitative estimate of drug-likeness (QED) is 0.567. The Morgan fingerprint density at radius 2 is 2.33 bits per heavy atom. The number of hydrogen-bond acceptors (Lipinski definition) is 2. The van der Waals surface area contributed by atoms with Gasteiger partial charge in [-0.2, -0.15) is 0 Å². The van der Waals surface area contributed by atoms with E-state index in [-0.39, 0.29) is 5.91 Å². The van der Waals surface area contributed by atoms with E-state index in [9.17, 15) is 4.79 Å². The first-order valence-corrected chi connectivity index (χ1v) is 5.90. The minimum absolute atomic E-state index is 0.0762. The van der Waals surface area contributed by atoms with Crippen LogP contribution in [0.1, 0.15) is 43.1 Å². The molecule has 1 aromatic heterocycles. The zero-order valence-corrected chi connectivity index (χ0v) is 10.2. The van der Waals surface area contributed by atoms with Crippen LogP contribution in [0.15, 0.2) is 6.20 Å². The third-order valence-corrected chi connectivity index (χ3v) is 2.45. The molecule has 1 unspecified atom stereocenters. The highest BCUT2D eigenvalue weighted by molar-refractivity contribution is 7.26. The highest BCUT2D eigenvalue weighted by Crippen LogP contribution is 1.98. The number of carbonyl (C=O) groups excluding carboxylic acids is 1. The van der Waals surface area contributed by atoms with Crippen LogP contribution in [0, 0.1) is 0 Å². The van der Waals surface area contributed by atoms with Crippen molar-refractivity contribution in [2.24, 2.45) is 0 Å². The number of carbonyl (C=O) groups is 1. The van der Waals surface area contributed by atoms with Crippen molar-refractivity contribution < 1.29 is 4.79 Å². The Morgan fingerprint density at radius 1 is 1.53 bits per heavy atom. The second-order valence-electron chi connectivity index (χ2n) is 3.50. The third kappa shape index (κ3) is 4.43. The number of H-pyrrole nitrogens is 1. The number of unbranched alkanes of at least 4 members (excludes halogenated alkanes) is 3. The molecule has 84 valence electrons. The molecule has 0 radical (unpaired) electrons. The summed E-state index contributed by atoms with van der Waals surface area (Å²) in [5, 5.41) is 2.85. The number of aromatic amines is 1. The zero-order chi connectivity index (χ0) is 11.1. The van der Waals surface area contributed by atoms with Gasteiger partial charge in [-0.25, -0.2) is 4.98 Å². The summed E-state index contributed by atoms with van der Waals surface area (Å²) in [6, 6.07) is 0. The summed E-state index contributed by atoms with van der Waals surface area (Å²) < 4.78 is 0. The second kappa shape index (κ2) is 6.57. The predicted molar refractivity (Wildman–Crippen MR) is 64.4 cm³/mol. The van der Waals surface area contributed by atoms with E-state index in [1.807, 2.05) is 0 Å². The maximum Gasteiger partial charge on any atom is 0.269 e. The Bertz CT molecular complexity index is 311. The maximum absolute atomic E-state index is 11.5. The third-order valence-electron chi connectivity index (χ3n) is 2.16. The van der Waals surface area contributed by atoms with Gasteiger partial charge in [-0.3, -0.25) is 4.79 Å². The van der Waals surface area contributed by atoms with Crippen LogP contribution in [-0.4, -0.2) is 22.4 Å². The fourth-order valence-electron chi connectivity index (χ4n) is 1.30. The van der Waals surface area contributed by atoms with E-state index < -0.39 is 0 Å². The molecule has 1 heterocycles. The standard InChI is InChI=1S/C10H18N3OP/c1-2-3-4-5-6-11-9(14)8-7-12-10(15)13-8/h7H,2-6,15H2,1H3,(H,11,14)(H,12,13). The Balaban J connectivity index is 2.19. The molecule has 1 atom stereocenters. The van der Waals surface area contributed by atoms with Crippen molar-refractivity contribution in [3.63, 3.8) is 0 Å². The Hall–Kier alpha value is -0.890. The maximum atomic E-state index is 11.5. The molecule has 0 spiro atoms. The molecule has 1 rings (SSSR count). The van der Waals surface area contributed by atoms with Gasteiger partial charge < -0.3 is 10.3 Å². The lowest BCUT2D eigenvalue weighted by atomic mass is 10.2. The number of imidazole rings is 1. The van der Waals surface area contributed by atoms with Gasteiger partial charge in [0.15, 0.2) is 0 Å². The number of nitrogens with one attached hydrogen (secondary N) is 2. The molecule has 0 saturated heterocycles. The van der Waals surface area contributed by atoms with Gasteiger partial charge in [-0.1, -0.05) is 35.4 Å². The minimum Gasteiger partial charge on any atom is -0.351 e. The van der Waals surface area contributed by atoms with Crippen LogP contribution in [0.25, 0.3) is 0 Å². The van der Waals surface area contributed by atoms with E-state index in [1.165, 1.54) is 19.3 Å². The molecule has 0 aliphatic rings. The van der Waals surface area contributed by atoms with Crippen molar-refractivity contribution >= 4 is 20.7 Å². The Morgan fingerprint density at radius 3 is 2.93 bits per heavy atom. The van der Waals surface area contributed by atoms with Gasteiger partial charge in [0, 0.05) is 6.54 Å². The van der Waals surface area contributed by atoms with Crippen molar-refractivity contribution in [3.05, 3.63) is 11.9 Å². The van der Waals surface area contributed by atoms with Crippen molar-refractivity contribution in [1.82, 2.24) is 15.3 Å². The van der Waals surface area contributed by atoms with Crippen LogP contribution in [0.4, 0.5) is 0 Å². The predicted octanol–water partition coefficient (Wildman–Crippen LogP) is 1.22. The smallest absolute Gasteiger partial charge is 0.269 e. The summed E-state index contributed by atoms with van der Waals surface area (Å²) in [5.41, 5.74) is 1.21. The Kier molecular flexibility index (Phi) is 5.33. The van der Waals surface area contributed by atoms with E-state index in [0.717, 1.165) is 13.0 Å². The van der Waals surface area contributed by atoms with Crippen LogP contribution >= 0.6 is 9.24 Å². The molecule has 1 aromatic rings. The molecule has 2 N–H and O–H groups in total. The summed E-state index contributed by atoms with van der Waals surface area (Å²) in [4.78, 5) is 18.3. The zero-order valence-electron chi connectivity index (χ0n) is 9.05. The van der Waals surface area contributed by atoms with Crippen LogP contribution in [0.3, 0.4) is 0 Å². The molecule has 1 amide bonds. The Labute approximate surface area is 92.5 Å². The van der Waals surface area contributed by atoms with Gasteiger partial charge in [-0.05, 0) is 6.42 Å². The van der Waals surface area contributed by atoms with Gasteiger partial charge in [-0.15, -0.1) is 0 Å². The summed E-state index contributed by atoms with van der Waals surface area (Å²) in [7, 11) is 2.42. The topological polar surface area (TPSA) is 57.8 Å². The first kappa shape index (κ1) is 12.2. The number of amides is 1. The summed E-state index contributed by atoms with van der Waals surface area (Å²) in [6.45, 7) is 2.91. The molecule has 5 heteroatoms. The second-order valence-corrected chi connectivity index (χ2v) is 4.05. The summed E-state index contributed by atoms with van der Waals surface area (Å²) in [6.07, 6.45) is 6.21. The van der Waals surface area contributed by atoms with Crippen LogP contribution < -0.4 is 10.9 Å². The fraction of sp³-hybridized carbons (Fsp3) is 0.600. The van der Waals surface area contributed by atoms with Gasteiger partial charge in [0.25, 0.3) is 5.91 Å². The van der Waals surface area contributed by atoms with Gasteiger partial charge in [0.05, 0.1) is 6.20 Å². The minimum atomic E-state index is -0.0762. The van der Waals surface area contributed by atoms with Crippen LogP contribution in [0.2, 0.25) is 0 Å². The van der Waals surface area contributed by atoms with Crippen molar-refractivity contribution in [1.29, 1.82) is 0 Å².